The van der Waals surface area contributed by atoms with Crippen LogP contribution in [0.4, 0.5) is 0 Å². The molecule has 0 radical (unpaired) electrons. The molecule has 2 aliphatic rings. The van der Waals surface area contributed by atoms with E-state index < -0.39 is 10.0 Å². The molecule has 0 saturated carbocycles. The van der Waals surface area contributed by atoms with Crippen molar-refractivity contribution in [3.63, 3.8) is 0 Å². The minimum Gasteiger partial charge on any atom is -0.395 e. The van der Waals surface area contributed by atoms with Crippen LogP contribution in [0.15, 0.2) is 21.7 Å². The molecule has 2 saturated heterocycles. The highest BCUT2D eigenvalue weighted by Crippen LogP contribution is 2.29. The van der Waals surface area contributed by atoms with Gasteiger partial charge in [-0.2, -0.15) is 4.31 Å². The van der Waals surface area contributed by atoms with E-state index >= 15 is 0 Å². The first kappa shape index (κ1) is 15.4. The quantitative estimate of drug-likeness (QED) is 0.905. The van der Waals surface area contributed by atoms with Crippen molar-refractivity contribution < 1.29 is 13.5 Å². The maximum absolute atomic E-state index is 12.5. The molecule has 5 nitrogen and oxygen atoms in total. The first-order valence-electron chi connectivity index (χ1n) is 7.53. The van der Waals surface area contributed by atoms with E-state index in [0.29, 0.717) is 23.3 Å². The van der Waals surface area contributed by atoms with Gasteiger partial charge in [0, 0.05) is 25.2 Å². The second kappa shape index (κ2) is 6.34. The van der Waals surface area contributed by atoms with Crippen LogP contribution < -0.4 is 0 Å². The Kier molecular flexibility index (Phi) is 4.66. The molecule has 0 aromatic carbocycles. The van der Waals surface area contributed by atoms with Crippen LogP contribution >= 0.6 is 11.3 Å². The van der Waals surface area contributed by atoms with Gasteiger partial charge in [-0.25, -0.2) is 8.42 Å². The van der Waals surface area contributed by atoms with Crippen LogP contribution in [0.2, 0.25) is 0 Å². The molecule has 0 spiro atoms. The number of likely N-dealkylation sites (tertiary alicyclic amines) is 1. The Hall–Kier alpha value is -0.470. The zero-order valence-corrected chi connectivity index (χ0v) is 13.7. The third-order valence-corrected chi connectivity index (χ3v) is 7.89. The molecule has 0 aliphatic carbocycles. The Balaban J connectivity index is 1.63. The Morgan fingerprint density at radius 3 is 2.62 bits per heavy atom. The summed E-state index contributed by atoms with van der Waals surface area (Å²) in [5.41, 5.74) is 0. The number of hydrogen-bond donors (Lipinski definition) is 1. The van der Waals surface area contributed by atoms with Gasteiger partial charge in [-0.1, -0.05) is 6.07 Å². The molecule has 21 heavy (non-hydrogen) atoms. The molecule has 1 unspecified atom stereocenters. The number of piperidine rings is 1. The zero-order chi connectivity index (χ0) is 14.9. The summed E-state index contributed by atoms with van der Waals surface area (Å²) < 4.78 is 27.0. The van der Waals surface area contributed by atoms with Gasteiger partial charge >= 0.3 is 0 Å². The van der Waals surface area contributed by atoms with Crippen LogP contribution in [0.5, 0.6) is 0 Å². The molecule has 1 N–H and O–H groups in total. The van der Waals surface area contributed by atoms with Gasteiger partial charge in [0.2, 0.25) is 0 Å². The second-order valence-electron chi connectivity index (χ2n) is 5.78. The minimum atomic E-state index is -3.30. The van der Waals surface area contributed by atoms with Crippen molar-refractivity contribution in [2.75, 3.05) is 26.2 Å². The fraction of sp³-hybridized carbons (Fsp3) is 0.714. The van der Waals surface area contributed by atoms with E-state index in [-0.39, 0.29) is 12.6 Å². The SMILES string of the molecule is O=S(=O)(c1cccs1)N1CCC(N2CCCC2CO)CC1. The summed E-state index contributed by atoms with van der Waals surface area (Å²) >= 11 is 1.28. The van der Waals surface area contributed by atoms with Crippen molar-refractivity contribution >= 4 is 21.4 Å². The second-order valence-corrected chi connectivity index (χ2v) is 8.90. The summed E-state index contributed by atoms with van der Waals surface area (Å²) in [7, 11) is -3.30. The standard InChI is InChI=1S/C14H22N2O3S2/c17-11-13-3-1-7-16(13)12-5-8-15(9-6-12)21(18,19)14-4-2-10-20-14/h2,4,10,12-13,17H,1,3,5-9,11H2. The zero-order valence-electron chi connectivity index (χ0n) is 12.0. The Labute approximate surface area is 130 Å². The fourth-order valence-electron chi connectivity index (χ4n) is 3.49. The summed E-state index contributed by atoms with van der Waals surface area (Å²) in [5.74, 6) is 0. The van der Waals surface area contributed by atoms with Crippen molar-refractivity contribution in [1.29, 1.82) is 0 Å². The van der Waals surface area contributed by atoms with E-state index in [0.717, 1.165) is 32.2 Å². The Bertz CT molecular complexity index is 551. The van der Waals surface area contributed by atoms with Crippen LogP contribution in [0, 0.1) is 0 Å². The molecule has 1 atom stereocenters. The number of hydrogen-bond acceptors (Lipinski definition) is 5. The minimum absolute atomic E-state index is 0.216. The Morgan fingerprint density at radius 2 is 2.00 bits per heavy atom. The lowest BCUT2D eigenvalue weighted by molar-refractivity contribution is 0.0899. The molecular formula is C14H22N2O3S2. The summed E-state index contributed by atoms with van der Waals surface area (Å²) in [5, 5.41) is 11.2. The number of sulfonamides is 1. The number of aliphatic hydroxyl groups is 1. The van der Waals surface area contributed by atoms with Crippen LogP contribution in [0.3, 0.4) is 0 Å². The molecule has 7 heteroatoms. The molecule has 1 aromatic heterocycles. The third-order valence-electron chi connectivity index (χ3n) is 4.62. The molecule has 1 aromatic rings. The highest BCUT2D eigenvalue weighted by Gasteiger charge is 2.35. The maximum Gasteiger partial charge on any atom is 0.252 e. The summed E-state index contributed by atoms with van der Waals surface area (Å²) in [4.78, 5) is 2.38. The van der Waals surface area contributed by atoms with Gasteiger partial charge in [0.25, 0.3) is 10.0 Å². The monoisotopic (exact) mass is 330 g/mol. The maximum atomic E-state index is 12.5. The number of nitrogens with zero attached hydrogens (tertiary/aromatic N) is 2. The smallest absolute Gasteiger partial charge is 0.252 e. The van der Waals surface area contributed by atoms with Crippen molar-refractivity contribution in [1.82, 2.24) is 9.21 Å². The predicted molar refractivity (Wildman–Crippen MR) is 82.9 cm³/mol. The topological polar surface area (TPSA) is 60.9 Å². The average molecular weight is 330 g/mol. The van der Waals surface area contributed by atoms with Crippen molar-refractivity contribution in [3.05, 3.63) is 17.5 Å². The van der Waals surface area contributed by atoms with Gasteiger partial charge in [0.1, 0.15) is 4.21 Å². The highest BCUT2D eigenvalue weighted by molar-refractivity contribution is 7.91. The fourth-order valence-corrected chi connectivity index (χ4v) is 6.10. The number of rotatable bonds is 4. The van der Waals surface area contributed by atoms with E-state index in [1.807, 2.05) is 0 Å². The van der Waals surface area contributed by atoms with E-state index in [2.05, 4.69) is 4.90 Å². The van der Waals surface area contributed by atoms with Crippen molar-refractivity contribution in [2.24, 2.45) is 0 Å². The molecule has 2 aliphatic heterocycles. The van der Waals surface area contributed by atoms with Crippen molar-refractivity contribution in [3.8, 4) is 0 Å². The highest BCUT2D eigenvalue weighted by atomic mass is 32.2. The van der Waals surface area contributed by atoms with E-state index in [4.69, 9.17) is 0 Å². The lowest BCUT2D eigenvalue weighted by atomic mass is 10.0. The largest absolute Gasteiger partial charge is 0.395 e. The Morgan fingerprint density at radius 1 is 1.24 bits per heavy atom. The van der Waals surface area contributed by atoms with Gasteiger partial charge in [-0.15, -0.1) is 11.3 Å². The molecular weight excluding hydrogens is 308 g/mol. The third kappa shape index (κ3) is 3.03. The lowest BCUT2D eigenvalue weighted by Crippen LogP contribution is -2.48. The molecule has 2 fully saturated rings. The van der Waals surface area contributed by atoms with Gasteiger partial charge in [0.15, 0.2) is 0 Å². The van der Waals surface area contributed by atoms with E-state index in [9.17, 15) is 13.5 Å². The van der Waals surface area contributed by atoms with Gasteiger partial charge in [-0.05, 0) is 43.7 Å². The molecule has 118 valence electrons. The van der Waals surface area contributed by atoms with Crippen molar-refractivity contribution in [2.45, 2.75) is 42.0 Å². The van der Waals surface area contributed by atoms with Gasteiger partial charge in [0.05, 0.1) is 6.61 Å². The van der Waals surface area contributed by atoms with Gasteiger partial charge < -0.3 is 5.11 Å². The van der Waals surface area contributed by atoms with Crippen LogP contribution in [-0.4, -0.2) is 61.1 Å². The van der Waals surface area contributed by atoms with Crippen LogP contribution in [-0.2, 0) is 10.0 Å². The summed E-state index contributed by atoms with van der Waals surface area (Å²) in [6.07, 6.45) is 3.92. The number of thiophene rings is 1. The predicted octanol–water partition coefficient (Wildman–Crippen LogP) is 1.36. The van der Waals surface area contributed by atoms with Crippen LogP contribution in [0.1, 0.15) is 25.7 Å². The molecule has 0 bridgehead atoms. The van der Waals surface area contributed by atoms with E-state index in [1.54, 1.807) is 21.8 Å². The molecule has 3 heterocycles. The molecule has 3 rings (SSSR count). The first-order valence-corrected chi connectivity index (χ1v) is 9.85. The first-order chi connectivity index (χ1) is 10.1. The lowest BCUT2D eigenvalue weighted by Gasteiger charge is -2.38. The summed E-state index contributed by atoms with van der Waals surface area (Å²) in [6, 6.07) is 4.14. The summed E-state index contributed by atoms with van der Waals surface area (Å²) in [6.45, 7) is 2.42. The van der Waals surface area contributed by atoms with E-state index in [1.165, 1.54) is 11.3 Å². The normalized spacial score (nSPS) is 26.4. The number of aliphatic hydroxyl groups excluding tert-OH is 1. The van der Waals surface area contributed by atoms with Crippen LogP contribution in [0.25, 0.3) is 0 Å². The van der Waals surface area contributed by atoms with Gasteiger partial charge in [-0.3, -0.25) is 4.90 Å². The molecule has 0 amide bonds. The average Bonchev–Trinajstić information content (AvgIpc) is 3.18.